The van der Waals surface area contributed by atoms with Gasteiger partial charge in [0.1, 0.15) is 16.9 Å². The first-order valence-electron chi connectivity index (χ1n) is 8.46. The molecule has 0 saturated heterocycles. The maximum atomic E-state index is 13.3. The molecule has 0 aromatic heterocycles. The van der Waals surface area contributed by atoms with Crippen LogP contribution in [0.2, 0.25) is 0 Å². The summed E-state index contributed by atoms with van der Waals surface area (Å²) in [5.41, 5.74) is 0.567. The van der Waals surface area contributed by atoms with Gasteiger partial charge >= 0.3 is 0 Å². The minimum Gasteiger partial charge on any atom is -0.350 e. The SMILES string of the molecule is O=C(NCC(c1ccccc1)S(=O)(=O)c1ccc(F)cc1)c1cccc(F)c1. The fourth-order valence-electron chi connectivity index (χ4n) is 2.78. The second kappa shape index (κ2) is 8.31. The molecule has 0 bridgehead atoms. The van der Waals surface area contributed by atoms with Gasteiger partial charge in [-0.2, -0.15) is 0 Å². The van der Waals surface area contributed by atoms with Gasteiger partial charge in [0.2, 0.25) is 0 Å². The van der Waals surface area contributed by atoms with E-state index in [1.54, 1.807) is 30.3 Å². The quantitative estimate of drug-likeness (QED) is 0.637. The van der Waals surface area contributed by atoms with E-state index in [0.29, 0.717) is 5.56 Å². The molecule has 144 valence electrons. The Hall–Kier alpha value is -3.06. The zero-order valence-corrected chi connectivity index (χ0v) is 15.5. The van der Waals surface area contributed by atoms with Crippen molar-refractivity contribution in [2.45, 2.75) is 10.1 Å². The van der Waals surface area contributed by atoms with Crippen LogP contribution in [-0.4, -0.2) is 20.9 Å². The average molecular weight is 401 g/mol. The number of carbonyl (C=O) groups excluding carboxylic acids is 1. The van der Waals surface area contributed by atoms with Crippen molar-refractivity contribution in [3.63, 3.8) is 0 Å². The van der Waals surface area contributed by atoms with Crippen LogP contribution >= 0.6 is 0 Å². The summed E-state index contributed by atoms with van der Waals surface area (Å²) in [5.74, 6) is -1.70. The van der Waals surface area contributed by atoms with Gasteiger partial charge in [-0.15, -0.1) is 0 Å². The predicted octanol–water partition coefficient (Wildman–Crippen LogP) is 3.91. The van der Waals surface area contributed by atoms with E-state index in [0.717, 1.165) is 18.2 Å². The number of hydrogen-bond donors (Lipinski definition) is 1. The van der Waals surface area contributed by atoms with E-state index in [1.807, 2.05) is 0 Å². The minimum atomic E-state index is -3.91. The van der Waals surface area contributed by atoms with Crippen LogP contribution in [0.25, 0.3) is 0 Å². The van der Waals surface area contributed by atoms with E-state index in [1.165, 1.54) is 30.3 Å². The van der Waals surface area contributed by atoms with Gasteiger partial charge in [-0.05, 0) is 48.0 Å². The summed E-state index contributed by atoms with van der Waals surface area (Å²) in [7, 11) is -3.91. The average Bonchev–Trinajstić information content (AvgIpc) is 2.69. The largest absolute Gasteiger partial charge is 0.350 e. The number of carbonyl (C=O) groups is 1. The number of hydrogen-bond acceptors (Lipinski definition) is 3. The first-order valence-corrected chi connectivity index (χ1v) is 10.0. The lowest BCUT2D eigenvalue weighted by Crippen LogP contribution is -2.32. The number of amides is 1. The Morgan fingerprint density at radius 2 is 1.54 bits per heavy atom. The van der Waals surface area contributed by atoms with Gasteiger partial charge in [-0.25, -0.2) is 17.2 Å². The second-order valence-electron chi connectivity index (χ2n) is 6.12. The molecule has 0 spiro atoms. The number of benzene rings is 3. The van der Waals surface area contributed by atoms with Crippen molar-refractivity contribution in [2.75, 3.05) is 6.54 Å². The van der Waals surface area contributed by atoms with Gasteiger partial charge in [-0.3, -0.25) is 4.79 Å². The van der Waals surface area contributed by atoms with Gasteiger partial charge in [0.05, 0.1) is 4.90 Å². The van der Waals surface area contributed by atoms with Crippen LogP contribution in [-0.2, 0) is 9.84 Å². The molecular formula is C21H17F2NO3S. The van der Waals surface area contributed by atoms with E-state index < -0.39 is 32.6 Å². The highest BCUT2D eigenvalue weighted by Crippen LogP contribution is 2.28. The normalized spacial score (nSPS) is 12.4. The maximum Gasteiger partial charge on any atom is 0.251 e. The summed E-state index contributed by atoms with van der Waals surface area (Å²) in [4.78, 5) is 12.3. The van der Waals surface area contributed by atoms with Crippen molar-refractivity contribution in [3.05, 3.63) is 102 Å². The molecule has 28 heavy (non-hydrogen) atoms. The van der Waals surface area contributed by atoms with Crippen molar-refractivity contribution in [1.29, 1.82) is 0 Å². The van der Waals surface area contributed by atoms with Gasteiger partial charge in [0.15, 0.2) is 9.84 Å². The maximum absolute atomic E-state index is 13.3. The Morgan fingerprint density at radius 3 is 2.18 bits per heavy atom. The van der Waals surface area contributed by atoms with Gasteiger partial charge in [0, 0.05) is 12.1 Å². The molecule has 0 heterocycles. The van der Waals surface area contributed by atoms with Crippen LogP contribution in [0.3, 0.4) is 0 Å². The van der Waals surface area contributed by atoms with Crippen LogP contribution in [0.1, 0.15) is 21.2 Å². The number of sulfone groups is 1. The molecule has 0 aliphatic carbocycles. The summed E-state index contributed by atoms with van der Waals surface area (Å²) in [6.45, 7) is -0.223. The molecule has 1 atom stereocenters. The fraction of sp³-hybridized carbons (Fsp3) is 0.0952. The third-order valence-electron chi connectivity index (χ3n) is 4.22. The van der Waals surface area contributed by atoms with Crippen LogP contribution in [0.4, 0.5) is 8.78 Å². The minimum absolute atomic E-state index is 0.0530. The molecule has 1 amide bonds. The monoisotopic (exact) mass is 401 g/mol. The topological polar surface area (TPSA) is 63.2 Å². The molecule has 7 heteroatoms. The highest BCUT2D eigenvalue weighted by atomic mass is 32.2. The van der Waals surface area contributed by atoms with Crippen molar-refractivity contribution in [1.82, 2.24) is 5.32 Å². The summed E-state index contributed by atoms with van der Waals surface area (Å²) >= 11 is 0. The molecule has 1 N–H and O–H groups in total. The third-order valence-corrected chi connectivity index (χ3v) is 6.34. The molecule has 0 aliphatic heterocycles. The van der Waals surface area contributed by atoms with Crippen LogP contribution in [0.15, 0.2) is 83.8 Å². The van der Waals surface area contributed by atoms with E-state index in [2.05, 4.69) is 5.32 Å². The van der Waals surface area contributed by atoms with Crippen LogP contribution in [0, 0.1) is 11.6 Å². The molecular weight excluding hydrogens is 384 g/mol. The van der Waals surface area contributed by atoms with Gasteiger partial charge in [0.25, 0.3) is 5.91 Å². The van der Waals surface area contributed by atoms with E-state index in [-0.39, 0.29) is 17.0 Å². The molecule has 3 aromatic rings. The Balaban J connectivity index is 1.90. The highest BCUT2D eigenvalue weighted by Gasteiger charge is 2.29. The molecule has 0 aliphatic rings. The lowest BCUT2D eigenvalue weighted by Gasteiger charge is -2.19. The predicted molar refractivity (Wildman–Crippen MR) is 102 cm³/mol. The number of nitrogens with one attached hydrogen (secondary N) is 1. The Bertz CT molecular complexity index is 1070. The summed E-state index contributed by atoms with van der Waals surface area (Å²) in [6, 6.07) is 18.0. The number of halogens is 2. The van der Waals surface area contributed by atoms with Crippen LogP contribution in [0.5, 0.6) is 0 Å². The summed E-state index contributed by atoms with van der Waals surface area (Å²) in [6.07, 6.45) is 0. The Morgan fingerprint density at radius 1 is 0.857 bits per heavy atom. The van der Waals surface area contributed by atoms with Crippen LogP contribution < -0.4 is 5.32 Å². The smallest absolute Gasteiger partial charge is 0.251 e. The molecule has 0 fully saturated rings. The van der Waals surface area contributed by atoms with Crippen molar-refractivity contribution >= 4 is 15.7 Å². The van der Waals surface area contributed by atoms with Gasteiger partial charge < -0.3 is 5.32 Å². The highest BCUT2D eigenvalue weighted by molar-refractivity contribution is 7.91. The van der Waals surface area contributed by atoms with Crippen molar-refractivity contribution < 1.29 is 22.0 Å². The molecule has 0 saturated carbocycles. The second-order valence-corrected chi connectivity index (χ2v) is 8.25. The first-order chi connectivity index (χ1) is 13.4. The number of rotatable bonds is 6. The molecule has 3 rings (SSSR count). The van der Waals surface area contributed by atoms with E-state index in [4.69, 9.17) is 0 Å². The summed E-state index contributed by atoms with van der Waals surface area (Å²) < 4.78 is 52.7. The Kier molecular flexibility index (Phi) is 5.84. The van der Waals surface area contributed by atoms with Crippen molar-refractivity contribution in [3.8, 4) is 0 Å². The molecule has 4 nitrogen and oxygen atoms in total. The van der Waals surface area contributed by atoms with E-state index in [9.17, 15) is 22.0 Å². The molecule has 3 aromatic carbocycles. The van der Waals surface area contributed by atoms with E-state index >= 15 is 0 Å². The zero-order chi connectivity index (χ0) is 20.1. The molecule has 0 radical (unpaired) electrons. The first kappa shape index (κ1) is 19.7. The standard InChI is InChI=1S/C21H17F2NO3S/c22-17-9-11-19(12-10-17)28(26,27)20(15-5-2-1-3-6-15)14-24-21(25)16-7-4-8-18(23)13-16/h1-13,20H,14H2,(H,24,25). The zero-order valence-electron chi connectivity index (χ0n) is 14.7. The fourth-order valence-corrected chi connectivity index (χ4v) is 4.44. The van der Waals surface area contributed by atoms with Crippen molar-refractivity contribution in [2.24, 2.45) is 0 Å². The van der Waals surface area contributed by atoms with Gasteiger partial charge in [-0.1, -0.05) is 36.4 Å². The molecule has 1 unspecified atom stereocenters. The summed E-state index contributed by atoms with van der Waals surface area (Å²) in [5, 5.41) is 1.47. The lowest BCUT2D eigenvalue weighted by molar-refractivity contribution is 0.0953. The lowest BCUT2D eigenvalue weighted by atomic mass is 10.1. The Labute approximate surface area is 161 Å². The third kappa shape index (κ3) is 4.43.